The normalized spacial score (nSPS) is 21.4. The highest BCUT2D eigenvalue weighted by Crippen LogP contribution is 2.49. The summed E-state index contributed by atoms with van der Waals surface area (Å²) in [5, 5.41) is 0. The number of hydrogen-bond donors (Lipinski definition) is 2. The zero-order chi connectivity index (χ0) is 23.2. The molecule has 2 unspecified atom stereocenters. The Morgan fingerprint density at radius 3 is 1.90 bits per heavy atom. The van der Waals surface area contributed by atoms with Crippen molar-refractivity contribution in [2.24, 2.45) is 5.92 Å². The zero-order valence-electron chi connectivity index (χ0n) is 20.4. The van der Waals surface area contributed by atoms with Crippen LogP contribution in [0.5, 0.6) is 0 Å². The highest BCUT2D eigenvalue weighted by atomic mass is 31.1. The van der Waals surface area contributed by atoms with E-state index in [4.69, 9.17) is 23.8 Å². The van der Waals surface area contributed by atoms with E-state index in [1.165, 1.54) is 48.2 Å². The van der Waals surface area contributed by atoms with Crippen molar-refractivity contribution in [1.82, 2.24) is 0 Å². The van der Waals surface area contributed by atoms with E-state index in [1.54, 1.807) is 0 Å². The predicted octanol–water partition coefficient (Wildman–Crippen LogP) is 7.22. The molecule has 0 aromatic heterocycles. The molecular formula is C24H46O5P+. The zero-order valence-corrected chi connectivity index (χ0v) is 21.3. The van der Waals surface area contributed by atoms with Crippen LogP contribution in [0, 0.1) is 5.92 Å². The van der Waals surface area contributed by atoms with Crippen LogP contribution >= 0.6 is 8.25 Å². The monoisotopic (exact) mass is 445 g/mol. The third kappa shape index (κ3) is 8.42. The average molecular weight is 446 g/mol. The second-order valence-electron chi connectivity index (χ2n) is 7.98. The van der Waals surface area contributed by atoms with Gasteiger partial charge in [0.1, 0.15) is 5.76 Å². The molecule has 2 N–H and O–H groups in total. The molecule has 0 aliphatic heterocycles. The van der Waals surface area contributed by atoms with E-state index in [0.29, 0.717) is 5.92 Å². The molecule has 1 rings (SSSR count). The second kappa shape index (κ2) is 16.0. The largest absolute Gasteiger partial charge is 0.692 e. The van der Waals surface area contributed by atoms with Crippen molar-refractivity contribution >= 4 is 8.25 Å². The Balaban J connectivity index is 0.00000192. The van der Waals surface area contributed by atoms with Gasteiger partial charge in [0.15, 0.2) is 0 Å². The van der Waals surface area contributed by atoms with Crippen molar-refractivity contribution in [2.75, 3.05) is 13.2 Å². The highest BCUT2D eigenvalue weighted by Gasteiger charge is 2.45. The summed E-state index contributed by atoms with van der Waals surface area (Å²) in [6.45, 7) is 17.7. The van der Waals surface area contributed by atoms with Gasteiger partial charge in [-0.15, -0.1) is 9.79 Å². The molecule has 0 radical (unpaired) electrons. The van der Waals surface area contributed by atoms with Crippen LogP contribution in [-0.4, -0.2) is 28.6 Å². The average Bonchev–Trinajstić information content (AvgIpc) is 2.70. The van der Waals surface area contributed by atoms with Crippen molar-refractivity contribution in [3.05, 3.63) is 22.5 Å². The lowest BCUT2D eigenvalue weighted by Crippen LogP contribution is -2.45. The lowest BCUT2D eigenvalue weighted by Gasteiger charge is -2.46. The molecule has 0 aromatic rings. The van der Waals surface area contributed by atoms with E-state index in [1.807, 2.05) is 0 Å². The lowest BCUT2D eigenvalue weighted by atomic mass is 9.67. The standard InChI is InChI=1S/C24H44O2.HO3P/c1-8-14-17-25-23-19(11-4)21(13-6)24(7,26-18-15-9-2)22(16-10-3)20(23)12-5;1-4(2)3/h22H,8-18H2,1-7H3;(H-,1,2,3)/p+1. The van der Waals surface area contributed by atoms with Crippen LogP contribution in [0.15, 0.2) is 22.5 Å². The first-order valence-electron chi connectivity index (χ1n) is 11.9. The van der Waals surface area contributed by atoms with Gasteiger partial charge in [-0.3, -0.25) is 0 Å². The summed E-state index contributed by atoms with van der Waals surface area (Å²) in [6.07, 6.45) is 10.1. The molecule has 6 heteroatoms. The van der Waals surface area contributed by atoms with E-state index < -0.39 is 8.25 Å². The summed E-state index contributed by atoms with van der Waals surface area (Å²) in [4.78, 5) is 14.2. The fourth-order valence-corrected chi connectivity index (χ4v) is 4.53. The molecule has 0 bridgehead atoms. The lowest BCUT2D eigenvalue weighted by molar-refractivity contribution is -0.0471. The van der Waals surface area contributed by atoms with Gasteiger partial charge in [0.05, 0.1) is 12.2 Å². The molecule has 0 saturated heterocycles. The van der Waals surface area contributed by atoms with Crippen LogP contribution in [0.2, 0.25) is 0 Å². The fourth-order valence-electron chi connectivity index (χ4n) is 4.53. The smallest absolute Gasteiger partial charge is 0.493 e. The molecule has 0 aromatic carbocycles. The van der Waals surface area contributed by atoms with Crippen LogP contribution in [-0.2, 0) is 14.0 Å². The van der Waals surface area contributed by atoms with Gasteiger partial charge in [-0.2, -0.15) is 0 Å². The molecule has 1 aliphatic rings. The summed E-state index contributed by atoms with van der Waals surface area (Å²) in [5.41, 5.74) is 4.23. The SMILES string of the molecule is CCCCOC1=C(CC)C(CCC)C(C)(OCCCC)C(CC)=C1CC.O=[P+](O)O. The van der Waals surface area contributed by atoms with Gasteiger partial charge in [0.2, 0.25) is 0 Å². The highest BCUT2D eigenvalue weighted by molar-refractivity contribution is 7.30. The minimum atomic E-state index is -2.87. The van der Waals surface area contributed by atoms with E-state index in [9.17, 15) is 0 Å². The Kier molecular flexibility index (Phi) is 15.6. The van der Waals surface area contributed by atoms with Crippen LogP contribution < -0.4 is 0 Å². The molecule has 176 valence electrons. The maximum atomic E-state index is 8.70. The quantitative estimate of drug-likeness (QED) is 0.231. The third-order valence-electron chi connectivity index (χ3n) is 5.92. The number of rotatable bonds is 13. The van der Waals surface area contributed by atoms with Crippen LogP contribution in [0.1, 0.15) is 106 Å². The summed E-state index contributed by atoms with van der Waals surface area (Å²) >= 11 is 0. The molecule has 2 atom stereocenters. The van der Waals surface area contributed by atoms with Gasteiger partial charge in [0.25, 0.3) is 0 Å². The van der Waals surface area contributed by atoms with Crippen molar-refractivity contribution in [2.45, 2.75) is 112 Å². The molecule has 0 amide bonds. The Morgan fingerprint density at radius 2 is 1.47 bits per heavy atom. The molecule has 5 nitrogen and oxygen atoms in total. The van der Waals surface area contributed by atoms with Crippen molar-refractivity contribution in [3.8, 4) is 0 Å². The van der Waals surface area contributed by atoms with Gasteiger partial charge in [-0.05, 0) is 62.2 Å². The maximum Gasteiger partial charge on any atom is 0.692 e. The van der Waals surface area contributed by atoms with Crippen LogP contribution in [0.4, 0.5) is 0 Å². The van der Waals surface area contributed by atoms with Gasteiger partial charge in [0, 0.05) is 17.1 Å². The van der Waals surface area contributed by atoms with Gasteiger partial charge in [-0.1, -0.05) is 60.8 Å². The second-order valence-corrected chi connectivity index (χ2v) is 8.48. The van der Waals surface area contributed by atoms with Gasteiger partial charge >= 0.3 is 8.25 Å². The summed E-state index contributed by atoms with van der Waals surface area (Å²) in [5.74, 6) is 1.66. The van der Waals surface area contributed by atoms with Crippen molar-refractivity contribution in [3.63, 3.8) is 0 Å². The first-order chi connectivity index (χ1) is 14.3. The Morgan fingerprint density at radius 1 is 0.900 bits per heavy atom. The van der Waals surface area contributed by atoms with Gasteiger partial charge in [-0.25, -0.2) is 0 Å². The van der Waals surface area contributed by atoms with Crippen LogP contribution in [0.3, 0.4) is 0 Å². The minimum Gasteiger partial charge on any atom is -0.493 e. The summed E-state index contributed by atoms with van der Waals surface area (Å²) in [7, 11) is -2.87. The maximum absolute atomic E-state index is 8.70. The summed E-state index contributed by atoms with van der Waals surface area (Å²) < 4.78 is 21.8. The molecular weight excluding hydrogens is 399 g/mol. The van der Waals surface area contributed by atoms with Gasteiger partial charge < -0.3 is 9.47 Å². The number of unbranched alkanes of at least 4 members (excludes halogenated alkanes) is 2. The summed E-state index contributed by atoms with van der Waals surface area (Å²) in [6, 6.07) is 0. The Hall–Kier alpha value is -0.740. The van der Waals surface area contributed by atoms with Crippen molar-refractivity contribution < 1.29 is 23.8 Å². The predicted molar refractivity (Wildman–Crippen MR) is 125 cm³/mol. The topological polar surface area (TPSA) is 76.0 Å². The Bertz CT molecular complexity index is 566. The third-order valence-corrected chi connectivity index (χ3v) is 5.92. The van der Waals surface area contributed by atoms with E-state index in [0.717, 1.165) is 45.3 Å². The molecule has 30 heavy (non-hydrogen) atoms. The molecule has 0 spiro atoms. The number of hydrogen-bond acceptors (Lipinski definition) is 3. The first kappa shape index (κ1) is 29.3. The molecule has 0 heterocycles. The first-order valence-corrected chi connectivity index (χ1v) is 13.0. The van der Waals surface area contributed by atoms with E-state index >= 15 is 0 Å². The Labute approximate surface area is 185 Å². The molecule has 0 fully saturated rings. The number of ether oxygens (including phenoxy) is 2. The molecule has 1 aliphatic carbocycles. The van der Waals surface area contributed by atoms with E-state index in [-0.39, 0.29) is 5.60 Å². The molecule has 0 saturated carbocycles. The number of allylic oxidation sites excluding steroid dienone is 1. The minimum absolute atomic E-state index is 0.172. The van der Waals surface area contributed by atoms with E-state index in [2.05, 4.69) is 48.5 Å². The fraction of sp³-hybridized carbons (Fsp3) is 0.833. The van der Waals surface area contributed by atoms with Crippen molar-refractivity contribution in [1.29, 1.82) is 0 Å². The van der Waals surface area contributed by atoms with Crippen LogP contribution in [0.25, 0.3) is 0 Å².